The summed E-state index contributed by atoms with van der Waals surface area (Å²) in [4.78, 5) is 20.7. The largest absolute Gasteiger partial charge is 0.481 e. The molecule has 0 saturated carbocycles. The van der Waals surface area contributed by atoms with E-state index in [4.69, 9.17) is 5.11 Å². The fourth-order valence-corrected chi connectivity index (χ4v) is 1.35. The van der Waals surface area contributed by atoms with Crippen LogP contribution in [0, 0.1) is 5.82 Å². The second-order valence-electron chi connectivity index (χ2n) is 3.51. The number of carbonyl (C=O) groups is 2. The normalized spacial score (nSPS) is 14.1. The summed E-state index contributed by atoms with van der Waals surface area (Å²) in [5.74, 6) is -2.17. The van der Waals surface area contributed by atoms with Crippen molar-refractivity contribution in [3.63, 3.8) is 0 Å². The monoisotopic (exact) mass is 242 g/mol. The van der Waals surface area contributed by atoms with Gasteiger partial charge >= 0.3 is 5.97 Å². The summed E-state index contributed by atoms with van der Waals surface area (Å²) in [7, 11) is 0. The predicted octanol–water partition coefficient (Wildman–Crippen LogP) is 0.507. The Bertz CT molecular complexity index is 432. The van der Waals surface area contributed by atoms with E-state index in [1.807, 2.05) is 0 Å². The molecule has 2 unspecified atom stereocenters. The molecule has 1 aromatic rings. The van der Waals surface area contributed by atoms with E-state index < -0.39 is 30.4 Å². The molecule has 0 spiro atoms. The van der Waals surface area contributed by atoms with Crippen LogP contribution in [0.2, 0.25) is 0 Å². The summed E-state index contributed by atoms with van der Waals surface area (Å²) in [5, 5.41) is 27.3. The van der Waals surface area contributed by atoms with Gasteiger partial charge in [0.05, 0.1) is 12.5 Å². The Labute approximate surface area is 96.1 Å². The maximum atomic E-state index is 13.4. The Balaban J connectivity index is 2.92. The van der Waals surface area contributed by atoms with Crippen molar-refractivity contribution in [3.8, 4) is 0 Å². The topological polar surface area (TPSA) is 94.8 Å². The van der Waals surface area contributed by atoms with E-state index in [0.29, 0.717) is 6.29 Å². The van der Waals surface area contributed by atoms with Crippen LogP contribution in [0.5, 0.6) is 0 Å². The molecule has 1 rings (SSSR count). The zero-order chi connectivity index (χ0) is 13.0. The third-order valence-electron chi connectivity index (χ3n) is 2.23. The zero-order valence-electron chi connectivity index (χ0n) is 8.71. The minimum absolute atomic E-state index is 0.0891. The maximum Gasteiger partial charge on any atom is 0.306 e. The highest BCUT2D eigenvalue weighted by Crippen LogP contribution is 2.22. The van der Waals surface area contributed by atoms with Crippen LogP contribution >= 0.6 is 0 Å². The van der Waals surface area contributed by atoms with Crippen LogP contribution in [0.15, 0.2) is 18.2 Å². The Kier molecular flexibility index (Phi) is 4.30. The first-order valence-electron chi connectivity index (χ1n) is 4.78. The van der Waals surface area contributed by atoms with Crippen molar-refractivity contribution >= 4 is 12.3 Å². The van der Waals surface area contributed by atoms with Crippen LogP contribution in [0.3, 0.4) is 0 Å². The molecule has 17 heavy (non-hydrogen) atoms. The minimum atomic E-state index is -1.65. The molecule has 0 aliphatic heterocycles. The average Bonchev–Trinajstić information content (AvgIpc) is 2.27. The molecule has 5 nitrogen and oxygen atoms in total. The molecule has 0 fully saturated rings. The predicted molar refractivity (Wildman–Crippen MR) is 55.0 cm³/mol. The standard InChI is InChI=1S/C11H11FO5/c12-8-3-6(5-13)1-2-7(8)11(17)9(14)4-10(15)16/h1-3,5,9,11,14,17H,4H2,(H,15,16). The molecular weight excluding hydrogens is 231 g/mol. The van der Waals surface area contributed by atoms with Crippen molar-refractivity contribution in [1.29, 1.82) is 0 Å². The number of benzene rings is 1. The number of aldehydes is 1. The lowest BCUT2D eigenvalue weighted by atomic mass is 10.0. The summed E-state index contributed by atoms with van der Waals surface area (Å²) in [6.45, 7) is 0. The highest BCUT2D eigenvalue weighted by atomic mass is 19.1. The van der Waals surface area contributed by atoms with Gasteiger partial charge in [-0.1, -0.05) is 12.1 Å². The van der Waals surface area contributed by atoms with E-state index in [1.165, 1.54) is 6.07 Å². The smallest absolute Gasteiger partial charge is 0.306 e. The fourth-order valence-electron chi connectivity index (χ4n) is 1.35. The molecule has 0 heterocycles. The van der Waals surface area contributed by atoms with Crippen LogP contribution < -0.4 is 0 Å². The Morgan fingerprint density at radius 1 is 1.41 bits per heavy atom. The molecule has 0 amide bonds. The average molecular weight is 242 g/mol. The number of hydrogen-bond acceptors (Lipinski definition) is 4. The fraction of sp³-hybridized carbons (Fsp3) is 0.273. The molecule has 6 heteroatoms. The summed E-state index contributed by atoms with van der Waals surface area (Å²) < 4.78 is 13.4. The van der Waals surface area contributed by atoms with Crippen LogP contribution in [0.4, 0.5) is 4.39 Å². The Hall–Kier alpha value is -1.79. The highest BCUT2D eigenvalue weighted by molar-refractivity contribution is 5.74. The first-order chi connectivity index (χ1) is 7.95. The summed E-state index contributed by atoms with van der Waals surface area (Å²) >= 11 is 0. The number of carboxylic acid groups (broad SMARTS) is 1. The van der Waals surface area contributed by atoms with Crippen molar-refractivity contribution < 1.29 is 29.3 Å². The molecule has 1 aromatic carbocycles. The summed E-state index contributed by atoms with van der Waals surface area (Å²) in [5.41, 5.74) is -0.157. The lowest BCUT2D eigenvalue weighted by Gasteiger charge is -2.17. The van der Waals surface area contributed by atoms with Crippen molar-refractivity contribution in [1.82, 2.24) is 0 Å². The summed E-state index contributed by atoms with van der Waals surface area (Å²) in [6.07, 6.45) is -3.51. The number of carboxylic acids is 1. The molecule has 2 atom stereocenters. The van der Waals surface area contributed by atoms with Crippen molar-refractivity contribution in [2.75, 3.05) is 0 Å². The maximum absolute atomic E-state index is 13.4. The lowest BCUT2D eigenvalue weighted by molar-refractivity contribution is -0.141. The van der Waals surface area contributed by atoms with E-state index in [0.717, 1.165) is 12.1 Å². The molecule has 0 aromatic heterocycles. The minimum Gasteiger partial charge on any atom is -0.481 e. The van der Waals surface area contributed by atoms with Crippen molar-refractivity contribution in [2.24, 2.45) is 0 Å². The molecular formula is C11H11FO5. The van der Waals surface area contributed by atoms with Crippen LogP contribution in [0.25, 0.3) is 0 Å². The lowest BCUT2D eigenvalue weighted by Crippen LogP contribution is -2.22. The van der Waals surface area contributed by atoms with E-state index in [9.17, 15) is 24.2 Å². The van der Waals surface area contributed by atoms with Gasteiger partial charge in [-0.3, -0.25) is 9.59 Å². The van der Waals surface area contributed by atoms with Gasteiger partial charge in [-0.2, -0.15) is 0 Å². The SMILES string of the molecule is O=Cc1ccc(C(O)C(O)CC(=O)O)c(F)c1. The molecule has 0 radical (unpaired) electrons. The van der Waals surface area contributed by atoms with Gasteiger partial charge in [0.25, 0.3) is 0 Å². The first-order valence-corrected chi connectivity index (χ1v) is 4.78. The van der Waals surface area contributed by atoms with Crippen molar-refractivity contribution in [3.05, 3.63) is 35.1 Å². The number of aliphatic hydroxyl groups is 2. The van der Waals surface area contributed by atoms with Gasteiger partial charge in [-0.25, -0.2) is 4.39 Å². The Morgan fingerprint density at radius 2 is 2.06 bits per heavy atom. The molecule has 0 bridgehead atoms. The van der Waals surface area contributed by atoms with Gasteiger partial charge in [-0.15, -0.1) is 0 Å². The highest BCUT2D eigenvalue weighted by Gasteiger charge is 2.23. The van der Waals surface area contributed by atoms with E-state index in [1.54, 1.807) is 0 Å². The van der Waals surface area contributed by atoms with Gasteiger partial charge < -0.3 is 15.3 Å². The van der Waals surface area contributed by atoms with Gasteiger partial charge in [0, 0.05) is 11.1 Å². The molecule has 0 aliphatic rings. The van der Waals surface area contributed by atoms with E-state index in [-0.39, 0.29) is 11.1 Å². The quantitative estimate of drug-likeness (QED) is 0.654. The number of carbonyl (C=O) groups excluding carboxylic acids is 1. The second kappa shape index (κ2) is 5.51. The number of halogens is 1. The van der Waals surface area contributed by atoms with Gasteiger partial charge in [0.1, 0.15) is 18.2 Å². The Morgan fingerprint density at radius 3 is 2.53 bits per heavy atom. The third kappa shape index (κ3) is 3.33. The second-order valence-corrected chi connectivity index (χ2v) is 3.51. The zero-order valence-corrected chi connectivity index (χ0v) is 8.71. The molecule has 92 valence electrons. The number of hydrogen-bond donors (Lipinski definition) is 3. The third-order valence-corrected chi connectivity index (χ3v) is 2.23. The van der Waals surface area contributed by atoms with Crippen LogP contribution in [0.1, 0.15) is 28.4 Å². The van der Waals surface area contributed by atoms with Gasteiger partial charge in [-0.05, 0) is 6.07 Å². The van der Waals surface area contributed by atoms with Crippen LogP contribution in [-0.4, -0.2) is 33.7 Å². The number of aliphatic carboxylic acids is 1. The van der Waals surface area contributed by atoms with Gasteiger partial charge in [0.15, 0.2) is 0 Å². The van der Waals surface area contributed by atoms with E-state index >= 15 is 0 Å². The van der Waals surface area contributed by atoms with Crippen LogP contribution in [-0.2, 0) is 4.79 Å². The van der Waals surface area contributed by atoms with Crippen molar-refractivity contribution in [2.45, 2.75) is 18.6 Å². The van der Waals surface area contributed by atoms with E-state index in [2.05, 4.69) is 0 Å². The summed E-state index contributed by atoms with van der Waals surface area (Å²) in [6, 6.07) is 3.30. The first kappa shape index (κ1) is 13.3. The number of aliphatic hydroxyl groups excluding tert-OH is 2. The van der Waals surface area contributed by atoms with Gasteiger partial charge in [0.2, 0.25) is 0 Å². The number of rotatable bonds is 5. The molecule has 0 aliphatic carbocycles. The molecule has 3 N–H and O–H groups in total. The molecule has 0 saturated heterocycles.